The third-order valence-electron chi connectivity index (χ3n) is 5.77. The van der Waals surface area contributed by atoms with Crippen molar-refractivity contribution in [2.45, 2.75) is 24.8 Å². The van der Waals surface area contributed by atoms with Gasteiger partial charge in [-0.3, -0.25) is 4.79 Å². The van der Waals surface area contributed by atoms with Gasteiger partial charge in [0.1, 0.15) is 0 Å². The van der Waals surface area contributed by atoms with Crippen LogP contribution < -0.4 is 10.6 Å². The summed E-state index contributed by atoms with van der Waals surface area (Å²) in [5.41, 5.74) is 3.08. The molecule has 2 N–H and O–H groups in total. The van der Waals surface area contributed by atoms with E-state index in [1.165, 1.54) is 16.9 Å². The first-order valence-corrected chi connectivity index (χ1v) is 12.6. The highest BCUT2D eigenvalue weighted by atomic mass is 35.5. The highest BCUT2D eigenvalue weighted by Crippen LogP contribution is 2.42. The number of hydrogen-bond donors (Lipinski definition) is 2. The Hall–Kier alpha value is -2.93. The van der Waals surface area contributed by atoms with Crippen molar-refractivity contribution in [2.75, 3.05) is 11.9 Å². The first kappa shape index (κ1) is 22.8. The van der Waals surface area contributed by atoms with Crippen LogP contribution in [-0.4, -0.2) is 28.5 Å². The minimum absolute atomic E-state index is 0.113. The van der Waals surface area contributed by atoms with Gasteiger partial charge in [0.15, 0.2) is 0 Å². The zero-order valence-corrected chi connectivity index (χ0v) is 20.5. The van der Waals surface area contributed by atoms with E-state index >= 15 is 0 Å². The molecular weight excluding hydrogens is 487 g/mol. The molecular formula is C26H22Cl2N4OS. The number of anilines is 1. The standard InChI is InChI=1S/C26H22Cl2N4OS/c27-18-7-6-17(20(28)14-18)10-12-29-25(33)24-9-8-23(34-24)21-11-13-30-26(31-21)32-22-15-19(22)16-4-2-1-3-5-16/h1-9,11,13-14,19,22H,10,12,15H2,(H,29,33)(H,30,31,32)/t19-,22?/m0/s1. The van der Waals surface area contributed by atoms with Crippen LogP contribution in [0.4, 0.5) is 5.95 Å². The molecule has 2 aromatic heterocycles. The lowest BCUT2D eigenvalue weighted by Gasteiger charge is -2.06. The normalized spacial score (nSPS) is 16.8. The van der Waals surface area contributed by atoms with Crippen LogP contribution in [0.5, 0.6) is 0 Å². The molecule has 4 aromatic rings. The number of nitrogens with one attached hydrogen (secondary N) is 2. The second kappa shape index (κ2) is 10.1. The first-order chi connectivity index (χ1) is 16.6. The molecule has 1 unspecified atom stereocenters. The quantitative estimate of drug-likeness (QED) is 0.286. The molecule has 2 atom stereocenters. The Balaban J connectivity index is 1.18. The Morgan fingerprint density at radius 2 is 1.91 bits per heavy atom. The van der Waals surface area contributed by atoms with E-state index in [1.54, 1.807) is 18.3 Å². The molecule has 34 heavy (non-hydrogen) atoms. The molecule has 8 heteroatoms. The predicted octanol–water partition coefficient (Wildman–Crippen LogP) is 6.45. The van der Waals surface area contributed by atoms with Crippen molar-refractivity contribution in [3.8, 4) is 10.6 Å². The summed E-state index contributed by atoms with van der Waals surface area (Å²) in [6.07, 6.45) is 3.45. The van der Waals surface area contributed by atoms with E-state index in [9.17, 15) is 4.79 Å². The maximum absolute atomic E-state index is 12.6. The fourth-order valence-corrected chi connectivity index (χ4v) is 5.27. The Morgan fingerprint density at radius 1 is 1.06 bits per heavy atom. The van der Waals surface area contributed by atoms with E-state index in [1.807, 2.05) is 30.3 Å². The Kier molecular flexibility index (Phi) is 6.81. The van der Waals surface area contributed by atoms with Crippen LogP contribution in [0.15, 0.2) is 72.9 Å². The van der Waals surface area contributed by atoms with E-state index in [0.717, 1.165) is 22.6 Å². The van der Waals surface area contributed by atoms with Crippen molar-refractivity contribution < 1.29 is 4.79 Å². The molecule has 0 bridgehead atoms. The summed E-state index contributed by atoms with van der Waals surface area (Å²) in [6, 6.07) is 21.8. The van der Waals surface area contributed by atoms with Crippen molar-refractivity contribution >= 4 is 46.4 Å². The largest absolute Gasteiger partial charge is 0.351 e. The minimum atomic E-state index is -0.113. The van der Waals surface area contributed by atoms with E-state index in [2.05, 4.69) is 44.9 Å². The summed E-state index contributed by atoms with van der Waals surface area (Å²) in [4.78, 5) is 23.2. The summed E-state index contributed by atoms with van der Waals surface area (Å²) in [7, 11) is 0. The van der Waals surface area contributed by atoms with E-state index in [-0.39, 0.29) is 5.91 Å². The number of hydrogen-bond acceptors (Lipinski definition) is 5. The second-order valence-corrected chi connectivity index (χ2v) is 10.1. The molecule has 5 rings (SSSR count). The molecule has 1 aliphatic carbocycles. The molecule has 0 aliphatic heterocycles. The number of nitrogens with zero attached hydrogens (tertiary/aromatic N) is 2. The van der Waals surface area contributed by atoms with E-state index in [0.29, 0.717) is 45.8 Å². The monoisotopic (exact) mass is 508 g/mol. The summed E-state index contributed by atoms with van der Waals surface area (Å²) in [5.74, 6) is 0.992. The molecule has 172 valence electrons. The van der Waals surface area contributed by atoms with Gasteiger partial charge < -0.3 is 10.6 Å². The number of benzene rings is 2. The lowest BCUT2D eigenvalue weighted by Crippen LogP contribution is -2.24. The molecule has 1 amide bonds. The van der Waals surface area contributed by atoms with Crippen molar-refractivity contribution in [1.82, 2.24) is 15.3 Å². The van der Waals surface area contributed by atoms with Crippen LogP contribution in [0.1, 0.15) is 33.1 Å². The maximum atomic E-state index is 12.6. The maximum Gasteiger partial charge on any atom is 0.261 e. The summed E-state index contributed by atoms with van der Waals surface area (Å²) in [5, 5.41) is 7.60. The van der Waals surface area contributed by atoms with Crippen molar-refractivity contribution in [2.24, 2.45) is 0 Å². The number of amides is 1. The fourth-order valence-electron chi connectivity index (χ4n) is 3.87. The zero-order valence-electron chi connectivity index (χ0n) is 18.2. The van der Waals surface area contributed by atoms with Crippen LogP contribution in [0.2, 0.25) is 10.0 Å². The first-order valence-electron chi connectivity index (χ1n) is 11.0. The van der Waals surface area contributed by atoms with Gasteiger partial charge in [-0.15, -0.1) is 11.3 Å². The minimum Gasteiger partial charge on any atom is -0.351 e. The van der Waals surface area contributed by atoms with Gasteiger partial charge in [0.05, 0.1) is 15.4 Å². The molecule has 5 nitrogen and oxygen atoms in total. The summed E-state index contributed by atoms with van der Waals surface area (Å²) < 4.78 is 0. The second-order valence-electron chi connectivity index (χ2n) is 8.17. The SMILES string of the molecule is O=C(NCCc1ccc(Cl)cc1Cl)c1ccc(-c2ccnc(NC3C[C@H]3c3ccccc3)n2)s1. The topological polar surface area (TPSA) is 66.9 Å². The van der Waals surface area contributed by atoms with Gasteiger partial charge in [-0.25, -0.2) is 9.97 Å². The zero-order chi connectivity index (χ0) is 23.5. The molecule has 1 fully saturated rings. The van der Waals surface area contributed by atoms with Gasteiger partial charge in [-0.05, 0) is 54.3 Å². The number of aromatic nitrogens is 2. The highest BCUT2D eigenvalue weighted by Gasteiger charge is 2.38. The smallest absolute Gasteiger partial charge is 0.261 e. The van der Waals surface area contributed by atoms with Crippen molar-refractivity contribution in [3.05, 3.63) is 99.0 Å². The van der Waals surface area contributed by atoms with Crippen LogP contribution in [-0.2, 0) is 6.42 Å². The van der Waals surface area contributed by atoms with Gasteiger partial charge in [-0.1, -0.05) is 59.6 Å². The third-order valence-corrected chi connectivity index (χ3v) is 7.46. The highest BCUT2D eigenvalue weighted by molar-refractivity contribution is 7.17. The average molecular weight is 509 g/mol. The predicted molar refractivity (Wildman–Crippen MR) is 139 cm³/mol. The van der Waals surface area contributed by atoms with Gasteiger partial charge in [0.2, 0.25) is 5.95 Å². The van der Waals surface area contributed by atoms with Gasteiger partial charge >= 0.3 is 0 Å². The van der Waals surface area contributed by atoms with Gasteiger partial charge in [0.25, 0.3) is 5.91 Å². The summed E-state index contributed by atoms with van der Waals surface area (Å²) in [6.45, 7) is 0.485. The Morgan fingerprint density at radius 3 is 2.74 bits per heavy atom. The molecule has 0 spiro atoms. The third kappa shape index (κ3) is 5.41. The number of thiophene rings is 1. The van der Waals surface area contributed by atoms with Crippen LogP contribution in [0.25, 0.3) is 10.6 Å². The van der Waals surface area contributed by atoms with Crippen molar-refractivity contribution in [3.63, 3.8) is 0 Å². The molecule has 0 radical (unpaired) electrons. The number of rotatable bonds is 8. The van der Waals surface area contributed by atoms with Crippen LogP contribution in [0.3, 0.4) is 0 Å². The molecule has 2 aromatic carbocycles. The Labute approximate surface area is 212 Å². The van der Waals surface area contributed by atoms with Gasteiger partial charge in [-0.2, -0.15) is 0 Å². The number of carbonyl (C=O) groups excluding carboxylic acids is 1. The lowest BCUT2D eigenvalue weighted by atomic mass is 10.1. The number of halogens is 2. The van der Waals surface area contributed by atoms with Crippen LogP contribution >= 0.6 is 34.5 Å². The van der Waals surface area contributed by atoms with Gasteiger partial charge in [0, 0.05) is 34.7 Å². The molecule has 1 aliphatic rings. The molecule has 0 saturated heterocycles. The van der Waals surface area contributed by atoms with Crippen molar-refractivity contribution in [1.29, 1.82) is 0 Å². The average Bonchev–Trinajstić information content (AvgIpc) is 3.42. The fraction of sp³-hybridized carbons (Fsp3) is 0.192. The van der Waals surface area contributed by atoms with Crippen LogP contribution in [0, 0.1) is 0 Å². The molecule has 2 heterocycles. The molecule has 1 saturated carbocycles. The number of carbonyl (C=O) groups is 1. The van der Waals surface area contributed by atoms with E-state index in [4.69, 9.17) is 23.2 Å². The summed E-state index contributed by atoms with van der Waals surface area (Å²) >= 11 is 13.6. The Bertz CT molecular complexity index is 1310. The van der Waals surface area contributed by atoms with E-state index < -0.39 is 0 Å². The lowest BCUT2D eigenvalue weighted by molar-refractivity contribution is 0.0958.